The molecule has 0 unspecified atom stereocenters. The number of rotatable bonds is 6. The third kappa shape index (κ3) is 5.61. The van der Waals surface area contributed by atoms with Gasteiger partial charge in [0.25, 0.3) is 0 Å². The minimum absolute atomic E-state index is 0.145. The van der Waals surface area contributed by atoms with Crippen molar-refractivity contribution in [1.29, 1.82) is 0 Å². The Hall–Kier alpha value is -3.58. The summed E-state index contributed by atoms with van der Waals surface area (Å²) in [5.74, 6) is -5.49. The number of methoxy groups -OCH3 is 1. The van der Waals surface area contributed by atoms with Crippen LogP contribution in [0.5, 0.6) is 11.5 Å². The predicted molar refractivity (Wildman–Crippen MR) is 203 cm³/mol. The molecule has 1 N–H and O–H groups in total. The van der Waals surface area contributed by atoms with E-state index in [4.69, 9.17) is 16.3 Å². The molecule has 3 aliphatic heterocycles. The van der Waals surface area contributed by atoms with Gasteiger partial charge >= 0.3 is 0 Å². The van der Waals surface area contributed by atoms with Crippen LogP contribution in [-0.4, -0.2) is 64.8 Å². The van der Waals surface area contributed by atoms with E-state index in [9.17, 15) is 28.7 Å². The second-order valence-electron chi connectivity index (χ2n) is 14.9. The Bertz CT molecular complexity index is 2090. The fraction of sp³-hybridized carbons (Fsp3) is 0.400. The molecular formula is C40H37Br2ClFN3O6. The Morgan fingerprint density at radius 3 is 2.36 bits per heavy atom. The second-order valence-corrected chi connectivity index (χ2v) is 16.9. The molecule has 0 bridgehead atoms. The first-order valence-corrected chi connectivity index (χ1v) is 19.7. The van der Waals surface area contributed by atoms with Crippen molar-refractivity contribution in [1.82, 2.24) is 9.80 Å². The lowest BCUT2D eigenvalue weighted by molar-refractivity contribution is -0.144. The van der Waals surface area contributed by atoms with Crippen molar-refractivity contribution < 1.29 is 33.4 Å². The highest BCUT2D eigenvalue weighted by molar-refractivity contribution is 9.13. The van der Waals surface area contributed by atoms with Gasteiger partial charge in [-0.25, -0.2) is 9.29 Å². The maximum atomic E-state index is 14.8. The van der Waals surface area contributed by atoms with Crippen LogP contribution in [0, 0.1) is 34.9 Å². The SMILES string of the molecule is COc1cc([C@H]2C3=CC[C@@H]4C(=O)N(C5CCN(Cc6ccccc6)CC5)C(=O)[C@@H]4[C@@H]3C[C@H]3C(=O)N(c4ccc(F)c(Cl)c4)C(=O)[C@@]23C)c(Br)c(Br)c1O. The van der Waals surface area contributed by atoms with E-state index >= 15 is 0 Å². The first-order chi connectivity index (χ1) is 25.4. The van der Waals surface area contributed by atoms with Crippen molar-refractivity contribution in [2.45, 2.75) is 51.1 Å². The van der Waals surface area contributed by atoms with E-state index in [0.29, 0.717) is 33.8 Å². The van der Waals surface area contributed by atoms with Gasteiger partial charge in [0, 0.05) is 36.1 Å². The number of hydrogen-bond acceptors (Lipinski definition) is 7. The van der Waals surface area contributed by atoms with Gasteiger partial charge in [0.1, 0.15) is 5.82 Å². The minimum Gasteiger partial charge on any atom is -0.503 e. The monoisotopic (exact) mass is 867 g/mol. The number of phenolic OH excluding ortho intramolecular Hbond substituents is 1. The van der Waals surface area contributed by atoms with E-state index in [2.05, 4.69) is 48.9 Å². The predicted octanol–water partition coefficient (Wildman–Crippen LogP) is 7.61. The molecule has 4 amide bonds. The number of anilines is 1. The molecule has 13 heteroatoms. The number of aromatic hydroxyl groups is 1. The van der Waals surface area contributed by atoms with Crippen molar-refractivity contribution >= 4 is 72.8 Å². The van der Waals surface area contributed by atoms with Crippen LogP contribution in [-0.2, 0) is 25.7 Å². The van der Waals surface area contributed by atoms with Gasteiger partial charge in [0.15, 0.2) is 11.5 Å². The summed E-state index contributed by atoms with van der Waals surface area (Å²) in [5, 5.41) is 10.6. The lowest BCUT2D eigenvalue weighted by Crippen LogP contribution is -2.49. The fourth-order valence-electron chi connectivity index (χ4n) is 9.77. The van der Waals surface area contributed by atoms with Crippen LogP contribution in [0.1, 0.15) is 49.7 Å². The Balaban J connectivity index is 1.17. The van der Waals surface area contributed by atoms with Crippen LogP contribution in [0.3, 0.4) is 0 Å². The van der Waals surface area contributed by atoms with E-state index in [0.717, 1.165) is 36.2 Å². The summed E-state index contributed by atoms with van der Waals surface area (Å²) < 4.78 is 20.6. The van der Waals surface area contributed by atoms with Crippen molar-refractivity contribution in [2.75, 3.05) is 25.1 Å². The zero-order valence-electron chi connectivity index (χ0n) is 29.0. The third-order valence-electron chi connectivity index (χ3n) is 12.3. The molecule has 276 valence electrons. The number of amides is 4. The van der Waals surface area contributed by atoms with Gasteiger partial charge in [-0.3, -0.25) is 29.0 Å². The Morgan fingerprint density at radius 2 is 1.68 bits per heavy atom. The normalized spacial score (nSPS) is 28.9. The molecule has 8 rings (SSSR count). The van der Waals surface area contributed by atoms with E-state index in [1.54, 1.807) is 13.0 Å². The molecule has 6 atom stereocenters. The maximum absolute atomic E-state index is 14.8. The quantitative estimate of drug-likeness (QED) is 0.201. The van der Waals surface area contributed by atoms with E-state index in [1.165, 1.54) is 29.7 Å². The molecule has 5 aliphatic rings. The number of likely N-dealkylation sites (tertiary alicyclic amines) is 2. The molecule has 3 aromatic rings. The van der Waals surface area contributed by atoms with Crippen molar-refractivity contribution in [3.8, 4) is 11.5 Å². The van der Waals surface area contributed by atoms with E-state index in [1.807, 2.05) is 24.3 Å². The molecule has 4 fully saturated rings. The Labute approximate surface area is 328 Å². The number of fused-ring (bicyclic) bond motifs is 4. The first kappa shape index (κ1) is 36.4. The van der Waals surface area contributed by atoms with Gasteiger partial charge in [-0.1, -0.05) is 53.6 Å². The number of carbonyl (C=O) groups excluding carboxylic acids is 4. The number of nitrogens with zero attached hydrogens (tertiary/aromatic N) is 3. The molecule has 9 nitrogen and oxygen atoms in total. The molecule has 3 aromatic carbocycles. The average molecular weight is 870 g/mol. The summed E-state index contributed by atoms with van der Waals surface area (Å²) in [6.45, 7) is 4.08. The number of allylic oxidation sites excluding steroid dienone is 2. The summed E-state index contributed by atoms with van der Waals surface area (Å²) in [7, 11) is 1.42. The Kier molecular flexibility index (Phi) is 9.35. The van der Waals surface area contributed by atoms with E-state index < -0.39 is 52.6 Å². The number of ether oxygens (including phenoxy) is 1. The van der Waals surface area contributed by atoms with Crippen LogP contribution >= 0.6 is 43.5 Å². The van der Waals surface area contributed by atoms with Crippen LogP contribution in [0.25, 0.3) is 0 Å². The number of halogens is 4. The highest BCUT2D eigenvalue weighted by atomic mass is 79.9. The topological polar surface area (TPSA) is 107 Å². The zero-order chi connectivity index (χ0) is 37.5. The third-order valence-corrected chi connectivity index (χ3v) is 14.8. The van der Waals surface area contributed by atoms with Gasteiger partial charge in [0.2, 0.25) is 23.6 Å². The van der Waals surface area contributed by atoms with Crippen LogP contribution in [0.15, 0.2) is 75.2 Å². The minimum atomic E-state index is -1.37. The molecule has 0 spiro atoms. The largest absolute Gasteiger partial charge is 0.503 e. The highest BCUT2D eigenvalue weighted by Crippen LogP contribution is 2.65. The number of carbonyl (C=O) groups is 4. The number of hydrogen-bond donors (Lipinski definition) is 1. The number of piperidine rings is 1. The smallest absolute Gasteiger partial charge is 0.241 e. The molecule has 3 saturated heterocycles. The van der Waals surface area contributed by atoms with Crippen molar-refractivity contribution in [3.63, 3.8) is 0 Å². The lowest BCUT2D eigenvalue weighted by Gasteiger charge is -2.49. The van der Waals surface area contributed by atoms with Crippen LogP contribution in [0.2, 0.25) is 5.02 Å². The average Bonchev–Trinajstić information content (AvgIpc) is 3.52. The van der Waals surface area contributed by atoms with Gasteiger partial charge in [0.05, 0.1) is 45.5 Å². The highest BCUT2D eigenvalue weighted by Gasteiger charge is 2.68. The van der Waals surface area contributed by atoms with E-state index in [-0.39, 0.29) is 46.5 Å². The molecular weight excluding hydrogens is 833 g/mol. The molecule has 0 aromatic heterocycles. The molecule has 53 heavy (non-hydrogen) atoms. The molecule has 0 radical (unpaired) electrons. The van der Waals surface area contributed by atoms with Gasteiger partial charge < -0.3 is 9.84 Å². The van der Waals surface area contributed by atoms with Crippen LogP contribution < -0.4 is 9.64 Å². The maximum Gasteiger partial charge on any atom is 0.241 e. The number of imide groups is 2. The summed E-state index contributed by atoms with van der Waals surface area (Å²) in [6.07, 6.45) is 3.83. The van der Waals surface area contributed by atoms with Gasteiger partial charge in [-0.15, -0.1) is 0 Å². The fourth-order valence-corrected chi connectivity index (χ4v) is 10.9. The molecule has 3 heterocycles. The second kappa shape index (κ2) is 13.6. The zero-order valence-corrected chi connectivity index (χ0v) is 33.0. The van der Waals surface area contributed by atoms with Gasteiger partial charge in [-0.2, -0.15) is 0 Å². The van der Waals surface area contributed by atoms with Crippen molar-refractivity contribution in [2.24, 2.45) is 29.1 Å². The van der Waals surface area contributed by atoms with Crippen molar-refractivity contribution in [3.05, 3.63) is 97.2 Å². The summed E-state index contributed by atoms with van der Waals surface area (Å²) in [6, 6.07) is 15.4. The lowest BCUT2D eigenvalue weighted by atomic mass is 9.51. The standard InChI is InChI=1S/C40H37Br2ClFN3O6/c1-40-27(37(50)47(39(40)52)22-8-11-29(44)28(43)16-22)17-25-23(32(40)26-18-30(53-2)35(48)34(42)33(26)41)9-10-24-31(25)38(51)46(36(24)49)21-12-14-45(15-13-21)19-20-6-4-3-5-7-20/h3-9,11,16,18,21,24-25,27,31-32,48H,10,12-15,17,19H2,1-2H3/t24-,25+,27-,31-,32+,40+/m0/s1. The molecule has 2 aliphatic carbocycles. The number of benzene rings is 3. The summed E-state index contributed by atoms with van der Waals surface area (Å²) in [4.78, 5) is 63.1. The summed E-state index contributed by atoms with van der Waals surface area (Å²) in [5.41, 5.74) is 1.37. The van der Waals surface area contributed by atoms with Gasteiger partial charge in [-0.05, 0) is 106 Å². The molecule has 1 saturated carbocycles. The number of phenols is 1. The Morgan fingerprint density at radius 1 is 0.962 bits per heavy atom. The van der Waals surface area contributed by atoms with Crippen LogP contribution in [0.4, 0.5) is 10.1 Å². The summed E-state index contributed by atoms with van der Waals surface area (Å²) >= 11 is 13.3. The first-order valence-electron chi connectivity index (χ1n) is 17.8.